The minimum absolute atomic E-state index is 0.0288. The first-order chi connectivity index (χ1) is 7.77. The smallest absolute Gasteiger partial charge is 0.216 e. The summed E-state index contributed by atoms with van der Waals surface area (Å²) in [6.07, 6.45) is 0. The van der Waals surface area contributed by atoms with Crippen LogP contribution in [-0.4, -0.2) is 52.5 Å². The van der Waals surface area contributed by atoms with Crippen LogP contribution < -0.4 is 10.6 Å². The van der Waals surface area contributed by atoms with Crippen LogP contribution in [0.25, 0.3) is 0 Å². The Bertz CT molecular complexity index is 143. The molecular formula is C11H26N2O3. The number of rotatable bonds is 9. The Balaban J connectivity index is 0. The van der Waals surface area contributed by atoms with Crippen molar-refractivity contribution < 1.29 is 14.3 Å². The zero-order valence-electron chi connectivity index (χ0n) is 11.0. The lowest BCUT2D eigenvalue weighted by Crippen LogP contribution is -2.25. The van der Waals surface area contributed by atoms with Crippen molar-refractivity contribution in [2.75, 3.05) is 46.6 Å². The number of nitrogens with one attached hydrogen (secondary N) is 2. The lowest BCUT2D eigenvalue weighted by molar-refractivity contribution is -0.119. The molecule has 98 valence electrons. The van der Waals surface area contributed by atoms with Crippen molar-refractivity contribution in [1.82, 2.24) is 10.6 Å². The highest BCUT2D eigenvalue weighted by molar-refractivity contribution is 5.72. The Kier molecular flexibility index (Phi) is 18.6. The molecule has 0 aliphatic rings. The van der Waals surface area contributed by atoms with Crippen molar-refractivity contribution in [1.29, 1.82) is 0 Å². The predicted molar refractivity (Wildman–Crippen MR) is 65.6 cm³/mol. The summed E-state index contributed by atoms with van der Waals surface area (Å²) in [5, 5.41) is 5.62. The second-order valence-corrected chi connectivity index (χ2v) is 2.81. The Labute approximate surface area is 98.9 Å². The third-order valence-corrected chi connectivity index (χ3v) is 1.49. The van der Waals surface area contributed by atoms with Gasteiger partial charge in [0.1, 0.15) is 0 Å². The molecule has 0 aliphatic carbocycles. The van der Waals surface area contributed by atoms with Crippen LogP contribution in [0.1, 0.15) is 20.8 Å². The number of hydrogen-bond acceptors (Lipinski definition) is 4. The quantitative estimate of drug-likeness (QED) is 0.567. The van der Waals surface area contributed by atoms with Crippen LogP contribution in [0.2, 0.25) is 0 Å². The highest BCUT2D eigenvalue weighted by atomic mass is 16.5. The Morgan fingerprint density at radius 2 is 1.50 bits per heavy atom. The second kappa shape index (κ2) is 16.8. The maximum absolute atomic E-state index is 10.5. The van der Waals surface area contributed by atoms with Crippen molar-refractivity contribution in [3.05, 3.63) is 0 Å². The fourth-order valence-corrected chi connectivity index (χ4v) is 0.795. The summed E-state index contributed by atoms with van der Waals surface area (Å²) < 4.78 is 10.4. The van der Waals surface area contributed by atoms with Crippen molar-refractivity contribution in [3.8, 4) is 0 Å². The third-order valence-electron chi connectivity index (χ3n) is 1.49. The third kappa shape index (κ3) is 19.0. The Hall–Kier alpha value is -0.650. The van der Waals surface area contributed by atoms with Gasteiger partial charge in [-0.15, -0.1) is 0 Å². The highest BCUT2D eigenvalue weighted by Gasteiger charge is 1.91. The molecular weight excluding hydrogens is 208 g/mol. The van der Waals surface area contributed by atoms with E-state index in [2.05, 4.69) is 10.6 Å². The van der Waals surface area contributed by atoms with Gasteiger partial charge in [-0.05, 0) is 7.05 Å². The van der Waals surface area contributed by atoms with Crippen LogP contribution >= 0.6 is 0 Å². The molecule has 0 atom stereocenters. The average molecular weight is 234 g/mol. The molecule has 16 heavy (non-hydrogen) atoms. The molecule has 0 aromatic rings. The van der Waals surface area contributed by atoms with Gasteiger partial charge < -0.3 is 20.1 Å². The summed E-state index contributed by atoms with van der Waals surface area (Å²) in [6, 6.07) is 0. The van der Waals surface area contributed by atoms with Crippen LogP contribution in [0.4, 0.5) is 0 Å². The number of hydrogen-bond donors (Lipinski definition) is 2. The zero-order chi connectivity index (χ0) is 12.6. The van der Waals surface area contributed by atoms with Crippen molar-refractivity contribution >= 4 is 5.91 Å². The maximum atomic E-state index is 10.5. The van der Waals surface area contributed by atoms with Gasteiger partial charge in [0.2, 0.25) is 5.91 Å². The molecule has 0 fully saturated rings. The first-order valence-corrected chi connectivity index (χ1v) is 5.82. The molecule has 2 N–H and O–H groups in total. The molecule has 0 rings (SSSR count). The topological polar surface area (TPSA) is 59.6 Å². The molecule has 0 aliphatic heterocycles. The fourth-order valence-electron chi connectivity index (χ4n) is 0.795. The summed E-state index contributed by atoms with van der Waals surface area (Å²) in [5.41, 5.74) is 0. The first-order valence-electron chi connectivity index (χ1n) is 5.82. The second-order valence-electron chi connectivity index (χ2n) is 2.81. The van der Waals surface area contributed by atoms with E-state index in [0.29, 0.717) is 33.0 Å². The molecule has 0 aromatic carbocycles. The summed E-state index contributed by atoms with van der Waals surface area (Å²) in [5.74, 6) is -0.0288. The van der Waals surface area contributed by atoms with E-state index in [1.165, 1.54) is 6.92 Å². The van der Waals surface area contributed by atoms with Gasteiger partial charge in [-0.2, -0.15) is 0 Å². The van der Waals surface area contributed by atoms with Gasteiger partial charge in [-0.1, -0.05) is 13.8 Å². The standard InChI is InChI=1S/C9H20N2O3.C2H6/c1-9(12)11-4-6-14-8-7-13-5-3-10-2;1-2/h10H,3-8H2,1-2H3,(H,11,12);1-2H3. The first kappa shape index (κ1) is 17.7. The van der Waals surface area contributed by atoms with E-state index >= 15 is 0 Å². The molecule has 5 nitrogen and oxygen atoms in total. The Morgan fingerprint density at radius 3 is 1.94 bits per heavy atom. The van der Waals surface area contributed by atoms with E-state index in [1.807, 2.05) is 20.9 Å². The number of carbonyl (C=O) groups is 1. The molecule has 0 saturated carbocycles. The van der Waals surface area contributed by atoms with Crippen molar-refractivity contribution in [2.24, 2.45) is 0 Å². The summed E-state index contributed by atoms with van der Waals surface area (Å²) >= 11 is 0. The molecule has 5 heteroatoms. The monoisotopic (exact) mass is 234 g/mol. The van der Waals surface area contributed by atoms with Gasteiger partial charge in [0.05, 0.1) is 26.4 Å². The van der Waals surface area contributed by atoms with Gasteiger partial charge in [0.15, 0.2) is 0 Å². The predicted octanol–water partition coefficient (Wildman–Crippen LogP) is 0.401. The van der Waals surface area contributed by atoms with Gasteiger partial charge in [-0.25, -0.2) is 0 Å². The lowest BCUT2D eigenvalue weighted by Gasteiger charge is -2.05. The fraction of sp³-hybridized carbons (Fsp3) is 0.909. The van der Waals surface area contributed by atoms with E-state index in [1.54, 1.807) is 0 Å². The van der Waals surface area contributed by atoms with Gasteiger partial charge in [-0.3, -0.25) is 4.79 Å². The molecule has 0 radical (unpaired) electrons. The number of ether oxygens (including phenoxy) is 2. The molecule has 0 heterocycles. The molecule has 1 amide bonds. The number of likely N-dealkylation sites (N-methyl/N-ethyl adjacent to an activating group) is 1. The molecule has 0 aromatic heterocycles. The van der Waals surface area contributed by atoms with Crippen molar-refractivity contribution in [3.63, 3.8) is 0 Å². The Morgan fingerprint density at radius 1 is 1.00 bits per heavy atom. The van der Waals surface area contributed by atoms with E-state index in [9.17, 15) is 4.79 Å². The zero-order valence-corrected chi connectivity index (χ0v) is 11.0. The van der Waals surface area contributed by atoms with Gasteiger partial charge >= 0.3 is 0 Å². The van der Waals surface area contributed by atoms with Crippen LogP contribution in [0.15, 0.2) is 0 Å². The van der Waals surface area contributed by atoms with Crippen LogP contribution in [0.5, 0.6) is 0 Å². The van der Waals surface area contributed by atoms with E-state index in [4.69, 9.17) is 9.47 Å². The summed E-state index contributed by atoms with van der Waals surface area (Å²) in [7, 11) is 1.88. The van der Waals surface area contributed by atoms with Crippen LogP contribution in [-0.2, 0) is 14.3 Å². The molecule has 0 unspecified atom stereocenters. The van der Waals surface area contributed by atoms with Gasteiger partial charge in [0, 0.05) is 20.0 Å². The van der Waals surface area contributed by atoms with Crippen molar-refractivity contribution in [2.45, 2.75) is 20.8 Å². The minimum Gasteiger partial charge on any atom is -0.378 e. The number of amides is 1. The van der Waals surface area contributed by atoms with Crippen LogP contribution in [0.3, 0.4) is 0 Å². The lowest BCUT2D eigenvalue weighted by atomic mass is 10.6. The highest BCUT2D eigenvalue weighted by Crippen LogP contribution is 1.77. The largest absolute Gasteiger partial charge is 0.378 e. The summed E-state index contributed by atoms with van der Waals surface area (Å²) in [4.78, 5) is 10.5. The van der Waals surface area contributed by atoms with Crippen LogP contribution in [0, 0.1) is 0 Å². The van der Waals surface area contributed by atoms with Gasteiger partial charge in [0.25, 0.3) is 0 Å². The normalized spacial score (nSPS) is 9.25. The minimum atomic E-state index is -0.0288. The van der Waals surface area contributed by atoms with E-state index in [-0.39, 0.29) is 5.91 Å². The number of carbonyl (C=O) groups excluding carboxylic acids is 1. The maximum Gasteiger partial charge on any atom is 0.216 e. The summed E-state index contributed by atoms with van der Waals surface area (Å²) in [6.45, 7) is 9.31. The molecule has 0 spiro atoms. The SMILES string of the molecule is CC.CNCCOCCOCCNC(C)=O. The molecule has 0 saturated heterocycles. The van der Waals surface area contributed by atoms with E-state index < -0.39 is 0 Å². The average Bonchev–Trinajstić information content (AvgIpc) is 2.29. The van der Waals surface area contributed by atoms with E-state index in [0.717, 1.165) is 6.54 Å². The molecule has 0 bridgehead atoms.